The first kappa shape index (κ1) is 20.9. The molecule has 0 aliphatic carbocycles. The van der Waals surface area contributed by atoms with Gasteiger partial charge in [-0.15, -0.1) is 0 Å². The van der Waals surface area contributed by atoms with E-state index in [9.17, 15) is 24.5 Å². The van der Waals surface area contributed by atoms with Crippen LogP contribution in [0.3, 0.4) is 0 Å². The highest BCUT2D eigenvalue weighted by molar-refractivity contribution is 6.24. The Balaban J connectivity index is 1.47. The quantitative estimate of drug-likeness (QED) is 0.252. The Labute approximate surface area is 199 Å². The minimum Gasteiger partial charge on any atom is -0.292 e. The van der Waals surface area contributed by atoms with E-state index in [1.165, 1.54) is 24.3 Å². The van der Waals surface area contributed by atoms with Gasteiger partial charge in [0.15, 0.2) is 5.78 Å². The number of carbonyl (C=O) groups is 3. The molecule has 2 fully saturated rings. The number of anilines is 1. The van der Waals surface area contributed by atoms with Gasteiger partial charge in [0.1, 0.15) is 6.04 Å². The molecule has 0 spiro atoms. The van der Waals surface area contributed by atoms with Gasteiger partial charge in [0.05, 0.1) is 34.7 Å². The van der Waals surface area contributed by atoms with Crippen molar-refractivity contribution >= 4 is 35.2 Å². The number of carbonyl (C=O) groups excluding carboxylic acids is 3. The Morgan fingerprint density at radius 1 is 0.857 bits per heavy atom. The third-order valence-corrected chi connectivity index (χ3v) is 6.94. The number of amides is 2. The van der Waals surface area contributed by atoms with Crippen molar-refractivity contribution in [3.8, 4) is 0 Å². The molecular weight excluding hydrogens is 448 g/mol. The summed E-state index contributed by atoms with van der Waals surface area (Å²) in [6, 6.07) is 19.9. The zero-order valence-electron chi connectivity index (χ0n) is 18.2. The fourth-order valence-electron chi connectivity index (χ4n) is 5.42. The Hall–Kier alpha value is -4.66. The number of hydrazone groups is 1. The van der Waals surface area contributed by atoms with Gasteiger partial charge < -0.3 is 0 Å². The molecule has 3 aromatic carbocycles. The third kappa shape index (κ3) is 3.01. The van der Waals surface area contributed by atoms with Gasteiger partial charge in [0, 0.05) is 17.7 Å². The first-order valence-electron chi connectivity index (χ1n) is 11.1. The molecule has 3 aromatic rings. The van der Waals surface area contributed by atoms with Crippen molar-refractivity contribution in [1.82, 2.24) is 5.01 Å². The molecule has 9 heteroatoms. The molecule has 3 aliphatic heterocycles. The Kier molecular flexibility index (Phi) is 4.60. The first-order chi connectivity index (χ1) is 17.0. The number of hydrogen-bond acceptors (Lipinski definition) is 7. The van der Waals surface area contributed by atoms with Crippen molar-refractivity contribution in [2.75, 3.05) is 4.90 Å². The van der Waals surface area contributed by atoms with E-state index >= 15 is 0 Å². The molecule has 4 atom stereocenters. The molecule has 0 N–H and O–H groups in total. The van der Waals surface area contributed by atoms with Crippen molar-refractivity contribution in [2.45, 2.75) is 12.1 Å². The van der Waals surface area contributed by atoms with E-state index in [1.807, 2.05) is 24.3 Å². The van der Waals surface area contributed by atoms with E-state index in [4.69, 9.17) is 0 Å². The zero-order valence-corrected chi connectivity index (χ0v) is 18.2. The minimum atomic E-state index is -0.962. The standard InChI is InChI=1S/C26H18N4O5/c31-24(15-6-2-1-3-7-15)23-21-20(22-19-9-5-4-8-16(19)14-27-29(22)23)25(32)28(26(21)33)17-10-12-18(13-11-17)30(34)35/h1-14,20-23H/t20-,21+,22+,23+/m0/s1. The number of imide groups is 1. The molecule has 3 aliphatic rings. The molecule has 0 bridgehead atoms. The first-order valence-corrected chi connectivity index (χ1v) is 11.1. The monoisotopic (exact) mass is 466 g/mol. The second kappa shape index (κ2) is 7.69. The van der Waals surface area contributed by atoms with Crippen LogP contribution in [0.25, 0.3) is 0 Å². The molecule has 0 saturated carbocycles. The van der Waals surface area contributed by atoms with E-state index in [-0.39, 0.29) is 17.2 Å². The Bertz CT molecular complexity index is 1420. The minimum absolute atomic E-state index is 0.146. The Morgan fingerprint density at radius 2 is 1.51 bits per heavy atom. The molecule has 172 valence electrons. The predicted octanol–water partition coefficient (Wildman–Crippen LogP) is 3.36. The molecule has 2 amide bonds. The largest absolute Gasteiger partial charge is 0.292 e. The topological polar surface area (TPSA) is 113 Å². The number of hydrogen-bond donors (Lipinski definition) is 0. The molecule has 9 nitrogen and oxygen atoms in total. The highest BCUT2D eigenvalue weighted by Crippen LogP contribution is 2.53. The summed E-state index contributed by atoms with van der Waals surface area (Å²) in [5, 5.41) is 17.2. The van der Waals surface area contributed by atoms with Crippen LogP contribution < -0.4 is 4.90 Å². The van der Waals surface area contributed by atoms with E-state index in [2.05, 4.69) is 5.10 Å². The normalized spacial score (nSPS) is 24.2. The molecule has 0 unspecified atom stereocenters. The van der Waals surface area contributed by atoms with Crippen molar-refractivity contribution in [3.63, 3.8) is 0 Å². The average Bonchev–Trinajstić information content (AvgIpc) is 3.36. The smallest absolute Gasteiger partial charge is 0.269 e. The fourth-order valence-corrected chi connectivity index (χ4v) is 5.42. The number of fused-ring (bicyclic) bond motifs is 5. The van der Waals surface area contributed by atoms with Crippen molar-refractivity contribution in [3.05, 3.63) is 106 Å². The third-order valence-electron chi connectivity index (χ3n) is 6.94. The maximum Gasteiger partial charge on any atom is 0.269 e. The lowest BCUT2D eigenvalue weighted by atomic mass is 9.83. The molecule has 3 heterocycles. The van der Waals surface area contributed by atoms with Crippen LogP contribution in [0, 0.1) is 22.0 Å². The predicted molar refractivity (Wildman–Crippen MR) is 126 cm³/mol. The van der Waals surface area contributed by atoms with Gasteiger partial charge in [0.25, 0.3) is 5.69 Å². The van der Waals surface area contributed by atoms with Crippen LogP contribution in [0.4, 0.5) is 11.4 Å². The number of ketones is 1. The summed E-state index contributed by atoms with van der Waals surface area (Å²) in [6.07, 6.45) is 1.65. The second-order valence-corrected chi connectivity index (χ2v) is 8.71. The lowest BCUT2D eigenvalue weighted by Crippen LogP contribution is -2.44. The van der Waals surface area contributed by atoms with Gasteiger partial charge in [-0.25, -0.2) is 4.90 Å². The van der Waals surface area contributed by atoms with Crippen molar-refractivity contribution < 1.29 is 19.3 Å². The van der Waals surface area contributed by atoms with E-state index < -0.39 is 40.7 Å². The van der Waals surface area contributed by atoms with Gasteiger partial charge in [-0.1, -0.05) is 54.6 Å². The maximum atomic E-state index is 13.8. The molecule has 0 radical (unpaired) electrons. The van der Waals surface area contributed by atoms with Crippen LogP contribution in [0.2, 0.25) is 0 Å². The van der Waals surface area contributed by atoms with Gasteiger partial charge >= 0.3 is 0 Å². The molecule has 6 rings (SSSR count). The van der Waals surface area contributed by atoms with Crippen LogP contribution in [0.15, 0.2) is 84.0 Å². The number of nitro benzene ring substituents is 1. The lowest BCUT2D eigenvalue weighted by molar-refractivity contribution is -0.384. The molecule has 2 saturated heterocycles. The van der Waals surface area contributed by atoms with Crippen LogP contribution in [-0.4, -0.2) is 39.8 Å². The van der Waals surface area contributed by atoms with Gasteiger partial charge in [0.2, 0.25) is 11.8 Å². The number of rotatable bonds is 4. The van der Waals surface area contributed by atoms with E-state index in [1.54, 1.807) is 41.6 Å². The van der Waals surface area contributed by atoms with Gasteiger partial charge in [-0.2, -0.15) is 5.10 Å². The zero-order chi connectivity index (χ0) is 24.3. The fraction of sp³-hybridized carbons (Fsp3) is 0.154. The summed E-state index contributed by atoms with van der Waals surface area (Å²) in [4.78, 5) is 52.8. The maximum absolute atomic E-state index is 13.8. The highest BCUT2D eigenvalue weighted by Gasteiger charge is 2.65. The van der Waals surface area contributed by atoms with E-state index in [0.29, 0.717) is 5.56 Å². The van der Waals surface area contributed by atoms with Crippen molar-refractivity contribution in [2.24, 2.45) is 16.9 Å². The molecule has 0 aromatic heterocycles. The number of nitrogens with zero attached hydrogens (tertiary/aromatic N) is 4. The van der Waals surface area contributed by atoms with E-state index in [0.717, 1.165) is 16.0 Å². The number of benzene rings is 3. The lowest BCUT2D eigenvalue weighted by Gasteiger charge is -2.33. The van der Waals surface area contributed by atoms with Crippen LogP contribution in [0.1, 0.15) is 27.5 Å². The van der Waals surface area contributed by atoms with Crippen LogP contribution >= 0.6 is 0 Å². The highest BCUT2D eigenvalue weighted by atomic mass is 16.6. The number of non-ortho nitro benzene ring substituents is 1. The summed E-state index contributed by atoms with van der Waals surface area (Å²) in [6.45, 7) is 0. The number of nitro groups is 1. The van der Waals surface area contributed by atoms with Gasteiger partial charge in [-0.05, 0) is 23.3 Å². The number of Topliss-reactive ketones (excluding diaryl/α,β-unsaturated/α-hetero) is 1. The molecular formula is C26H18N4O5. The van der Waals surface area contributed by atoms with Crippen molar-refractivity contribution in [1.29, 1.82) is 0 Å². The Morgan fingerprint density at radius 3 is 2.23 bits per heavy atom. The van der Waals surface area contributed by atoms with Crippen LogP contribution in [0.5, 0.6) is 0 Å². The summed E-state index contributed by atoms with van der Waals surface area (Å²) < 4.78 is 0. The summed E-state index contributed by atoms with van der Waals surface area (Å²) in [5.41, 5.74) is 2.18. The summed E-state index contributed by atoms with van der Waals surface area (Å²) >= 11 is 0. The van der Waals surface area contributed by atoms with Crippen LogP contribution in [-0.2, 0) is 9.59 Å². The van der Waals surface area contributed by atoms with Gasteiger partial charge in [-0.3, -0.25) is 29.5 Å². The average molecular weight is 466 g/mol. The second-order valence-electron chi connectivity index (χ2n) is 8.71. The molecule has 35 heavy (non-hydrogen) atoms. The summed E-state index contributed by atoms with van der Waals surface area (Å²) in [5.74, 6) is -3.01. The SMILES string of the molecule is O=C(c1ccccc1)[C@H]1[C@@H]2C(=O)N(c3ccc([N+](=O)[O-])cc3)C(=O)[C@@H]2[C@H]2c3ccccc3C=NN21. The summed E-state index contributed by atoms with van der Waals surface area (Å²) in [7, 11) is 0.